The molecule has 1 saturated heterocycles. The van der Waals surface area contributed by atoms with Crippen LogP contribution in [0.2, 0.25) is 0 Å². The molecule has 1 rings (SSSR count). The van der Waals surface area contributed by atoms with E-state index in [9.17, 15) is 9.90 Å². The molecular formula is C12H24N2O3. The highest BCUT2D eigenvalue weighted by atomic mass is 16.5. The first-order valence-corrected chi connectivity index (χ1v) is 6.31. The number of esters is 1. The summed E-state index contributed by atoms with van der Waals surface area (Å²) in [4.78, 5) is 15.7. The van der Waals surface area contributed by atoms with Gasteiger partial charge in [0.2, 0.25) is 0 Å². The maximum atomic E-state index is 11.0. The van der Waals surface area contributed by atoms with Gasteiger partial charge in [-0.3, -0.25) is 4.79 Å². The largest absolute Gasteiger partial charge is 0.469 e. The molecule has 1 N–H and O–H groups in total. The van der Waals surface area contributed by atoms with Crippen LogP contribution in [0.4, 0.5) is 0 Å². The Bertz CT molecular complexity index is 226. The summed E-state index contributed by atoms with van der Waals surface area (Å²) in [7, 11) is 1.43. The van der Waals surface area contributed by atoms with Crippen LogP contribution in [0.1, 0.15) is 19.8 Å². The average molecular weight is 244 g/mol. The normalized spacial score (nSPS) is 20.2. The van der Waals surface area contributed by atoms with Gasteiger partial charge in [0.25, 0.3) is 0 Å². The number of hydrogen-bond acceptors (Lipinski definition) is 5. The van der Waals surface area contributed by atoms with Gasteiger partial charge in [0.15, 0.2) is 0 Å². The third-order valence-corrected chi connectivity index (χ3v) is 3.19. The van der Waals surface area contributed by atoms with Gasteiger partial charge in [-0.15, -0.1) is 0 Å². The molecule has 0 amide bonds. The second-order valence-corrected chi connectivity index (χ2v) is 4.65. The predicted octanol–water partition coefficient (Wildman–Crippen LogP) is -0.0620. The van der Waals surface area contributed by atoms with Gasteiger partial charge in [0.1, 0.15) is 0 Å². The molecule has 0 radical (unpaired) electrons. The van der Waals surface area contributed by atoms with Crippen LogP contribution in [0, 0.1) is 0 Å². The molecule has 1 unspecified atom stereocenters. The van der Waals surface area contributed by atoms with Crippen molar-refractivity contribution in [3.8, 4) is 0 Å². The Morgan fingerprint density at radius 2 is 1.76 bits per heavy atom. The first kappa shape index (κ1) is 14.4. The summed E-state index contributed by atoms with van der Waals surface area (Å²) >= 11 is 0. The fraction of sp³-hybridized carbons (Fsp3) is 0.917. The molecule has 5 heteroatoms. The Labute approximate surface area is 103 Å². The van der Waals surface area contributed by atoms with Gasteiger partial charge in [-0.25, -0.2) is 0 Å². The molecule has 0 aromatic heterocycles. The van der Waals surface area contributed by atoms with Crippen LogP contribution in [-0.2, 0) is 9.53 Å². The van der Waals surface area contributed by atoms with Crippen molar-refractivity contribution in [1.82, 2.24) is 9.80 Å². The third kappa shape index (κ3) is 6.00. The van der Waals surface area contributed by atoms with Crippen LogP contribution in [0.5, 0.6) is 0 Å². The van der Waals surface area contributed by atoms with E-state index in [-0.39, 0.29) is 12.1 Å². The topological polar surface area (TPSA) is 53.0 Å². The second kappa shape index (κ2) is 7.63. The molecule has 0 aromatic carbocycles. The monoisotopic (exact) mass is 244 g/mol. The van der Waals surface area contributed by atoms with Crippen LogP contribution < -0.4 is 0 Å². The van der Waals surface area contributed by atoms with E-state index in [1.165, 1.54) is 7.11 Å². The molecule has 0 saturated carbocycles. The van der Waals surface area contributed by atoms with E-state index in [0.717, 1.165) is 45.7 Å². The molecule has 1 aliphatic rings. The molecule has 17 heavy (non-hydrogen) atoms. The summed E-state index contributed by atoms with van der Waals surface area (Å²) < 4.78 is 4.62. The van der Waals surface area contributed by atoms with Crippen molar-refractivity contribution in [1.29, 1.82) is 0 Å². The summed E-state index contributed by atoms with van der Waals surface area (Å²) in [6.45, 7) is 7.61. The number of methoxy groups -OCH3 is 1. The Morgan fingerprint density at radius 1 is 1.24 bits per heavy atom. The highest BCUT2D eigenvalue weighted by Crippen LogP contribution is 2.04. The van der Waals surface area contributed by atoms with Gasteiger partial charge in [-0.05, 0) is 13.3 Å². The van der Waals surface area contributed by atoms with Crippen molar-refractivity contribution >= 4 is 5.97 Å². The van der Waals surface area contributed by atoms with Crippen molar-refractivity contribution < 1.29 is 14.6 Å². The zero-order valence-electron chi connectivity index (χ0n) is 10.9. The van der Waals surface area contributed by atoms with E-state index >= 15 is 0 Å². The number of piperazine rings is 1. The number of carbonyl (C=O) groups excluding carboxylic acids is 1. The Morgan fingerprint density at radius 3 is 2.24 bits per heavy atom. The van der Waals surface area contributed by atoms with Gasteiger partial charge in [-0.1, -0.05) is 0 Å². The molecule has 1 heterocycles. The third-order valence-electron chi connectivity index (χ3n) is 3.19. The van der Waals surface area contributed by atoms with E-state index in [1.807, 2.05) is 6.92 Å². The Hall–Kier alpha value is -0.650. The average Bonchev–Trinajstić information content (AvgIpc) is 2.34. The van der Waals surface area contributed by atoms with Crippen molar-refractivity contribution in [2.45, 2.75) is 25.9 Å². The molecule has 1 aliphatic heterocycles. The van der Waals surface area contributed by atoms with Crippen molar-refractivity contribution in [2.75, 3.05) is 46.4 Å². The van der Waals surface area contributed by atoms with Crippen LogP contribution >= 0.6 is 0 Å². The van der Waals surface area contributed by atoms with Crippen molar-refractivity contribution in [2.24, 2.45) is 0 Å². The molecule has 1 fully saturated rings. The Kier molecular flexibility index (Phi) is 6.47. The summed E-state index contributed by atoms with van der Waals surface area (Å²) in [6, 6.07) is 0. The molecular weight excluding hydrogens is 220 g/mol. The number of nitrogens with zero attached hydrogens (tertiary/aromatic N) is 2. The van der Waals surface area contributed by atoms with E-state index in [0.29, 0.717) is 6.42 Å². The second-order valence-electron chi connectivity index (χ2n) is 4.65. The van der Waals surface area contributed by atoms with E-state index < -0.39 is 0 Å². The van der Waals surface area contributed by atoms with Gasteiger partial charge in [0, 0.05) is 39.3 Å². The van der Waals surface area contributed by atoms with Gasteiger partial charge in [0.05, 0.1) is 19.6 Å². The van der Waals surface area contributed by atoms with E-state index in [4.69, 9.17) is 0 Å². The van der Waals surface area contributed by atoms with Crippen LogP contribution in [0.3, 0.4) is 0 Å². The first-order chi connectivity index (χ1) is 8.11. The smallest absolute Gasteiger partial charge is 0.306 e. The summed E-state index contributed by atoms with van der Waals surface area (Å²) in [6.07, 6.45) is 1.10. The molecule has 1 atom stereocenters. The van der Waals surface area contributed by atoms with Crippen molar-refractivity contribution in [3.05, 3.63) is 0 Å². The van der Waals surface area contributed by atoms with Gasteiger partial charge >= 0.3 is 5.97 Å². The minimum atomic E-state index is -0.215. The minimum absolute atomic E-state index is 0.137. The number of aliphatic hydroxyl groups is 1. The molecule has 0 bridgehead atoms. The minimum Gasteiger partial charge on any atom is -0.469 e. The fourth-order valence-electron chi connectivity index (χ4n) is 1.96. The molecule has 0 aromatic rings. The molecule has 5 nitrogen and oxygen atoms in total. The fourth-order valence-corrected chi connectivity index (χ4v) is 1.96. The molecule has 0 aliphatic carbocycles. The standard InChI is InChI=1S/C12H24N2O3/c1-11(15)3-5-13-7-9-14(10-8-13)6-4-12(16)17-2/h11,15H,3-10H2,1-2H3. The molecule has 100 valence electrons. The van der Waals surface area contributed by atoms with E-state index in [1.54, 1.807) is 0 Å². The summed E-state index contributed by atoms with van der Waals surface area (Å²) in [5.41, 5.74) is 0. The first-order valence-electron chi connectivity index (χ1n) is 6.31. The summed E-state index contributed by atoms with van der Waals surface area (Å²) in [5.74, 6) is -0.137. The number of aliphatic hydroxyl groups excluding tert-OH is 1. The zero-order valence-corrected chi connectivity index (χ0v) is 10.9. The zero-order chi connectivity index (χ0) is 12.7. The lowest BCUT2D eigenvalue weighted by atomic mass is 10.2. The van der Waals surface area contributed by atoms with Crippen LogP contribution in [0.25, 0.3) is 0 Å². The lowest BCUT2D eigenvalue weighted by molar-refractivity contribution is -0.141. The number of hydrogen-bond donors (Lipinski definition) is 1. The SMILES string of the molecule is COC(=O)CCN1CCN(CCC(C)O)CC1. The molecule has 0 spiro atoms. The highest BCUT2D eigenvalue weighted by molar-refractivity contribution is 5.69. The number of carbonyl (C=O) groups is 1. The number of ether oxygens (including phenoxy) is 1. The lowest BCUT2D eigenvalue weighted by Crippen LogP contribution is -2.47. The van der Waals surface area contributed by atoms with Gasteiger partial charge < -0.3 is 19.6 Å². The van der Waals surface area contributed by atoms with Crippen LogP contribution in [0.15, 0.2) is 0 Å². The maximum absolute atomic E-state index is 11.0. The van der Waals surface area contributed by atoms with Gasteiger partial charge in [-0.2, -0.15) is 0 Å². The predicted molar refractivity (Wildman–Crippen MR) is 65.8 cm³/mol. The maximum Gasteiger partial charge on any atom is 0.306 e. The summed E-state index contributed by atoms with van der Waals surface area (Å²) in [5, 5.41) is 9.22. The highest BCUT2D eigenvalue weighted by Gasteiger charge is 2.17. The van der Waals surface area contributed by atoms with Crippen molar-refractivity contribution in [3.63, 3.8) is 0 Å². The Balaban J connectivity index is 2.11. The number of rotatable bonds is 6. The quantitative estimate of drug-likeness (QED) is 0.663. The lowest BCUT2D eigenvalue weighted by Gasteiger charge is -2.34. The van der Waals surface area contributed by atoms with Crippen LogP contribution in [-0.4, -0.2) is 73.4 Å². The van der Waals surface area contributed by atoms with E-state index in [2.05, 4.69) is 14.5 Å².